The van der Waals surface area contributed by atoms with Gasteiger partial charge in [-0.25, -0.2) is 0 Å². The highest BCUT2D eigenvalue weighted by molar-refractivity contribution is 5.26. The Morgan fingerprint density at radius 1 is 0.778 bits per heavy atom. The summed E-state index contributed by atoms with van der Waals surface area (Å²) in [5, 5.41) is 0. The summed E-state index contributed by atoms with van der Waals surface area (Å²) in [6.45, 7) is 2.95. The number of hydrogen-bond acceptors (Lipinski definition) is 1. The molecule has 1 heteroatoms. The molecule has 0 spiro atoms. The monoisotopic (exact) mass is 247 g/mol. The fraction of sp³-hybridized carbons (Fsp3) is 0.647. The summed E-state index contributed by atoms with van der Waals surface area (Å²) in [4.78, 5) is 0. The predicted molar refractivity (Wildman–Crippen MR) is 80.6 cm³/mol. The molecule has 0 unspecified atom stereocenters. The molecule has 0 heterocycles. The first-order valence-electron chi connectivity index (χ1n) is 7.65. The minimum atomic E-state index is 0.674. The van der Waals surface area contributed by atoms with E-state index in [1.165, 1.54) is 68.9 Å². The van der Waals surface area contributed by atoms with Crippen LogP contribution in [0.1, 0.15) is 69.4 Å². The minimum Gasteiger partial charge on any atom is -0.326 e. The van der Waals surface area contributed by atoms with Gasteiger partial charge in [0.2, 0.25) is 0 Å². The second-order valence-electron chi connectivity index (χ2n) is 5.20. The highest BCUT2D eigenvalue weighted by Gasteiger charge is 1.99. The Balaban J connectivity index is 2.07. The van der Waals surface area contributed by atoms with Crippen molar-refractivity contribution in [3.8, 4) is 0 Å². The highest BCUT2D eigenvalue weighted by atomic mass is 14.5. The van der Waals surface area contributed by atoms with E-state index in [2.05, 4.69) is 31.2 Å². The van der Waals surface area contributed by atoms with Gasteiger partial charge in [-0.3, -0.25) is 0 Å². The van der Waals surface area contributed by atoms with Crippen molar-refractivity contribution in [1.29, 1.82) is 0 Å². The average molecular weight is 247 g/mol. The zero-order chi connectivity index (χ0) is 13.1. The summed E-state index contributed by atoms with van der Waals surface area (Å²) in [5.41, 5.74) is 8.52. The zero-order valence-corrected chi connectivity index (χ0v) is 12.0. The van der Waals surface area contributed by atoms with E-state index in [0.29, 0.717) is 6.54 Å². The standard InChI is InChI=1S/C17H29N/c1-2-3-4-5-6-7-8-9-12-16-13-10-11-14-17(16)15-18/h10-11,13-14H,2-9,12,15,18H2,1H3. The fourth-order valence-electron chi connectivity index (χ4n) is 2.45. The lowest BCUT2D eigenvalue weighted by molar-refractivity contribution is 0.575. The molecular formula is C17H29N. The SMILES string of the molecule is CCCCCCCCCCc1ccccc1CN. The molecular weight excluding hydrogens is 218 g/mol. The van der Waals surface area contributed by atoms with Crippen molar-refractivity contribution >= 4 is 0 Å². The van der Waals surface area contributed by atoms with Crippen LogP contribution in [0.4, 0.5) is 0 Å². The van der Waals surface area contributed by atoms with Crippen LogP contribution in [-0.4, -0.2) is 0 Å². The van der Waals surface area contributed by atoms with Gasteiger partial charge in [0.05, 0.1) is 0 Å². The van der Waals surface area contributed by atoms with E-state index in [0.717, 1.165) is 0 Å². The highest BCUT2D eigenvalue weighted by Crippen LogP contribution is 2.14. The Bertz CT molecular complexity index is 306. The molecule has 0 amide bonds. The van der Waals surface area contributed by atoms with Gasteiger partial charge >= 0.3 is 0 Å². The van der Waals surface area contributed by atoms with Crippen LogP contribution in [-0.2, 0) is 13.0 Å². The molecule has 0 aromatic heterocycles. The molecule has 0 fully saturated rings. The number of unbranched alkanes of at least 4 members (excludes halogenated alkanes) is 7. The molecule has 0 aliphatic carbocycles. The van der Waals surface area contributed by atoms with E-state index in [-0.39, 0.29) is 0 Å². The van der Waals surface area contributed by atoms with Crippen LogP contribution in [0.3, 0.4) is 0 Å². The second-order valence-corrected chi connectivity index (χ2v) is 5.20. The average Bonchev–Trinajstić information content (AvgIpc) is 2.42. The normalized spacial score (nSPS) is 10.8. The first-order chi connectivity index (χ1) is 8.88. The van der Waals surface area contributed by atoms with E-state index < -0.39 is 0 Å². The fourth-order valence-corrected chi connectivity index (χ4v) is 2.45. The molecule has 1 aromatic rings. The zero-order valence-electron chi connectivity index (χ0n) is 12.0. The maximum Gasteiger partial charge on any atom is 0.0180 e. The van der Waals surface area contributed by atoms with Gasteiger partial charge in [-0.2, -0.15) is 0 Å². The summed E-state index contributed by atoms with van der Waals surface area (Å²) >= 11 is 0. The molecule has 0 atom stereocenters. The summed E-state index contributed by atoms with van der Waals surface area (Å²) < 4.78 is 0. The number of aryl methyl sites for hydroxylation is 1. The van der Waals surface area contributed by atoms with Gasteiger partial charge in [-0.05, 0) is 24.0 Å². The van der Waals surface area contributed by atoms with Crippen molar-refractivity contribution in [1.82, 2.24) is 0 Å². The van der Waals surface area contributed by atoms with Crippen LogP contribution in [0.15, 0.2) is 24.3 Å². The Labute approximate surface area is 113 Å². The van der Waals surface area contributed by atoms with Crippen LogP contribution in [0.2, 0.25) is 0 Å². The Morgan fingerprint density at radius 2 is 1.33 bits per heavy atom. The van der Waals surface area contributed by atoms with Crippen LogP contribution >= 0.6 is 0 Å². The van der Waals surface area contributed by atoms with E-state index in [4.69, 9.17) is 5.73 Å². The summed E-state index contributed by atoms with van der Waals surface area (Å²) in [6, 6.07) is 8.59. The Morgan fingerprint density at radius 3 is 1.94 bits per heavy atom. The Kier molecular flexibility index (Phi) is 8.58. The molecule has 0 aliphatic heterocycles. The lowest BCUT2D eigenvalue weighted by Crippen LogP contribution is -2.01. The van der Waals surface area contributed by atoms with Gasteiger partial charge < -0.3 is 5.73 Å². The van der Waals surface area contributed by atoms with E-state index in [1.54, 1.807) is 0 Å². The maximum atomic E-state index is 5.75. The minimum absolute atomic E-state index is 0.674. The Hall–Kier alpha value is -0.820. The molecule has 1 rings (SSSR count). The second kappa shape index (κ2) is 10.1. The van der Waals surface area contributed by atoms with Gasteiger partial charge in [-0.1, -0.05) is 76.1 Å². The maximum absolute atomic E-state index is 5.75. The van der Waals surface area contributed by atoms with E-state index in [9.17, 15) is 0 Å². The largest absolute Gasteiger partial charge is 0.326 e. The molecule has 0 saturated heterocycles. The van der Waals surface area contributed by atoms with E-state index >= 15 is 0 Å². The molecule has 0 saturated carbocycles. The van der Waals surface area contributed by atoms with Gasteiger partial charge in [0.1, 0.15) is 0 Å². The molecule has 0 bridgehead atoms. The number of benzene rings is 1. The number of nitrogens with two attached hydrogens (primary N) is 1. The summed E-state index contributed by atoms with van der Waals surface area (Å²) in [7, 11) is 0. The molecule has 1 nitrogen and oxygen atoms in total. The lowest BCUT2D eigenvalue weighted by atomic mass is 10.0. The van der Waals surface area contributed by atoms with Crippen LogP contribution in [0.5, 0.6) is 0 Å². The lowest BCUT2D eigenvalue weighted by Gasteiger charge is -2.07. The summed E-state index contributed by atoms with van der Waals surface area (Å²) in [5.74, 6) is 0. The third kappa shape index (κ3) is 6.20. The van der Waals surface area contributed by atoms with Crippen molar-refractivity contribution in [2.45, 2.75) is 71.3 Å². The van der Waals surface area contributed by atoms with E-state index in [1.807, 2.05) is 0 Å². The topological polar surface area (TPSA) is 26.0 Å². The summed E-state index contributed by atoms with van der Waals surface area (Å²) in [6.07, 6.45) is 12.3. The van der Waals surface area contributed by atoms with Crippen LogP contribution < -0.4 is 5.73 Å². The van der Waals surface area contributed by atoms with Crippen molar-refractivity contribution < 1.29 is 0 Å². The first kappa shape index (κ1) is 15.2. The molecule has 102 valence electrons. The van der Waals surface area contributed by atoms with Gasteiger partial charge in [0.15, 0.2) is 0 Å². The molecule has 0 radical (unpaired) electrons. The van der Waals surface area contributed by atoms with Crippen molar-refractivity contribution in [2.24, 2.45) is 5.73 Å². The van der Waals surface area contributed by atoms with Crippen molar-refractivity contribution in [3.63, 3.8) is 0 Å². The molecule has 1 aromatic carbocycles. The molecule has 0 aliphatic rings. The predicted octanol–water partition coefficient (Wildman–Crippen LogP) is 4.83. The van der Waals surface area contributed by atoms with Crippen molar-refractivity contribution in [2.75, 3.05) is 0 Å². The number of rotatable bonds is 10. The van der Waals surface area contributed by atoms with Crippen LogP contribution in [0.25, 0.3) is 0 Å². The van der Waals surface area contributed by atoms with Gasteiger partial charge in [0, 0.05) is 6.54 Å². The third-order valence-electron chi connectivity index (χ3n) is 3.64. The van der Waals surface area contributed by atoms with Crippen LogP contribution in [0, 0.1) is 0 Å². The quantitative estimate of drug-likeness (QED) is 0.589. The number of hydrogen-bond donors (Lipinski definition) is 1. The molecule has 18 heavy (non-hydrogen) atoms. The third-order valence-corrected chi connectivity index (χ3v) is 3.64. The molecule has 2 N–H and O–H groups in total. The van der Waals surface area contributed by atoms with Gasteiger partial charge in [0.25, 0.3) is 0 Å². The first-order valence-corrected chi connectivity index (χ1v) is 7.65. The van der Waals surface area contributed by atoms with Gasteiger partial charge in [-0.15, -0.1) is 0 Å². The van der Waals surface area contributed by atoms with Crippen molar-refractivity contribution in [3.05, 3.63) is 35.4 Å². The smallest absolute Gasteiger partial charge is 0.0180 e.